The molecule has 1 unspecified atom stereocenters. The van der Waals surface area contributed by atoms with Crippen LogP contribution in [0.4, 0.5) is 0 Å². The number of ether oxygens (including phenoxy) is 4. The van der Waals surface area contributed by atoms with Gasteiger partial charge in [0, 0.05) is 22.4 Å². The van der Waals surface area contributed by atoms with E-state index in [0.29, 0.717) is 39.9 Å². The molecule has 6 rings (SSSR count). The summed E-state index contributed by atoms with van der Waals surface area (Å²) in [6.45, 7) is 0.890. The molecular weight excluding hydrogens is 607 g/mol. The first-order chi connectivity index (χ1) is 17.5. The zero-order chi connectivity index (χ0) is 25.0. The highest BCUT2D eigenvalue weighted by Crippen LogP contribution is 2.45. The molecule has 190 valence electrons. The first-order valence-corrected chi connectivity index (χ1v) is 12.0. The van der Waals surface area contributed by atoms with Crippen molar-refractivity contribution in [1.29, 1.82) is 0 Å². The number of hydrogen-bond acceptors (Lipinski definition) is 6. The fourth-order valence-corrected chi connectivity index (χ4v) is 5.31. The average Bonchev–Trinajstić information content (AvgIpc) is 3.36. The van der Waals surface area contributed by atoms with Gasteiger partial charge in [0.25, 0.3) is 0 Å². The third kappa shape index (κ3) is 4.17. The quantitative estimate of drug-likeness (QED) is 0.205. The van der Waals surface area contributed by atoms with Gasteiger partial charge in [0.1, 0.15) is 6.04 Å². The number of hydrogen-bond donors (Lipinski definition) is 1. The van der Waals surface area contributed by atoms with Gasteiger partial charge in [-0.15, -0.1) is 0 Å². The summed E-state index contributed by atoms with van der Waals surface area (Å²) in [5, 5.41) is 2.19. The normalized spacial score (nSPS) is 13.8. The predicted octanol–water partition coefficient (Wildman–Crippen LogP) is 1.64. The number of methoxy groups -OCH3 is 2. The Morgan fingerprint density at radius 3 is 2.46 bits per heavy atom. The van der Waals surface area contributed by atoms with Gasteiger partial charge in [-0.2, -0.15) is 4.57 Å². The van der Waals surface area contributed by atoms with Crippen LogP contribution >= 0.6 is 11.6 Å². The second-order valence-corrected chi connectivity index (χ2v) is 9.24. The van der Waals surface area contributed by atoms with Gasteiger partial charge in [-0.05, 0) is 54.1 Å². The van der Waals surface area contributed by atoms with Gasteiger partial charge >= 0.3 is 0 Å². The summed E-state index contributed by atoms with van der Waals surface area (Å²) in [6, 6.07) is 13.6. The highest BCUT2D eigenvalue weighted by molar-refractivity contribution is 6.30. The van der Waals surface area contributed by atoms with Crippen molar-refractivity contribution in [3.8, 4) is 34.3 Å². The molecule has 0 radical (unpaired) electrons. The molecule has 0 aliphatic carbocycles. The zero-order valence-electron chi connectivity index (χ0n) is 20.2. The van der Waals surface area contributed by atoms with E-state index < -0.39 is 6.04 Å². The maximum absolute atomic E-state index is 13.7. The number of carbonyl (C=O) groups excluding carboxylic acids is 1. The molecule has 0 spiro atoms. The highest BCUT2D eigenvalue weighted by atomic mass is 127. The van der Waals surface area contributed by atoms with Crippen molar-refractivity contribution in [2.75, 3.05) is 21.0 Å². The molecule has 2 aliphatic heterocycles. The van der Waals surface area contributed by atoms with Crippen LogP contribution in [0, 0.1) is 0 Å². The molecule has 0 saturated carbocycles. The number of aryl methyl sites for hydroxylation is 2. The number of rotatable bonds is 5. The van der Waals surface area contributed by atoms with Crippen LogP contribution in [0.15, 0.2) is 54.7 Å². The Balaban J connectivity index is 0.00000280. The van der Waals surface area contributed by atoms with Crippen molar-refractivity contribution in [2.24, 2.45) is 5.73 Å². The zero-order valence-corrected chi connectivity index (χ0v) is 23.1. The van der Waals surface area contributed by atoms with Crippen LogP contribution in [0.5, 0.6) is 23.0 Å². The molecule has 1 atom stereocenters. The summed E-state index contributed by atoms with van der Waals surface area (Å²) in [7, 11) is 3.21. The van der Waals surface area contributed by atoms with Crippen molar-refractivity contribution >= 4 is 28.2 Å². The molecule has 0 bridgehead atoms. The molecule has 1 aromatic heterocycles. The van der Waals surface area contributed by atoms with E-state index >= 15 is 0 Å². The van der Waals surface area contributed by atoms with E-state index in [0.717, 1.165) is 39.8 Å². The van der Waals surface area contributed by atoms with Crippen LogP contribution in [0.2, 0.25) is 5.02 Å². The first-order valence-electron chi connectivity index (χ1n) is 11.6. The molecule has 9 heteroatoms. The lowest BCUT2D eigenvalue weighted by molar-refractivity contribution is -0.686. The molecule has 0 fully saturated rings. The lowest BCUT2D eigenvalue weighted by Gasteiger charge is -2.23. The lowest BCUT2D eigenvalue weighted by atomic mass is 9.86. The molecule has 37 heavy (non-hydrogen) atoms. The highest BCUT2D eigenvalue weighted by Gasteiger charge is 2.36. The number of Topliss-reactive ketones (excluding diaryl/α,β-unsaturated/α-hetero) is 1. The van der Waals surface area contributed by atoms with Gasteiger partial charge in [-0.1, -0.05) is 11.6 Å². The van der Waals surface area contributed by atoms with Gasteiger partial charge < -0.3 is 48.7 Å². The van der Waals surface area contributed by atoms with Crippen LogP contribution in [-0.4, -0.2) is 26.8 Å². The molecular formula is C28H24ClIN2O5. The minimum atomic E-state index is -0.939. The van der Waals surface area contributed by atoms with Gasteiger partial charge in [0.05, 0.1) is 30.7 Å². The molecule has 3 heterocycles. The molecule has 2 aliphatic rings. The fraction of sp³-hybridized carbons (Fsp3) is 0.214. The fourth-order valence-electron chi connectivity index (χ4n) is 5.18. The minimum absolute atomic E-state index is 0. The van der Waals surface area contributed by atoms with Crippen LogP contribution in [-0.2, 0) is 13.0 Å². The van der Waals surface area contributed by atoms with Crippen LogP contribution in [0.1, 0.15) is 27.5 Å². The van der Waals surface area contributed by atoms with E-state index in [1.54, 1.807) is 38.5 Å². The van der Waals surface area contributed by atoms with E-state index in [2.05, 4.69) is 4.57 Å². The Kier molecular flexibility index (Phi) is 6.91. The number of fused-ring (bicyclic) bond motifs is 5. The SMILES string of the molecule is COc1ccc2c(C(N)C(=O)c3ccc(Cl)cc3)c3[n+](cc2c1OC)CCc1cc2c(cc1-3)OCO2.[I-]. The number of ketones is 1. The Morgan fingerprint density at radius 2 is 1.76 bits per heavy atom. The number of halogens is 2. The van der Waals surface area contributed by atoms with Crippen molar-refractivity contribution < 1.29 is 52.3 Å². The van der Waals surface area contributed by atoms with Crippen molar-refractivity contribution in [3.63, 3.8) is 0 Å². The smallest absolute Gasteiger partial charge is 0.231 e. The molecule has 3 aromatic carbocycles. The summed E-state index contributed by atoms with van der Waals surface area (Å²) in [4.78, 5) is 13.7. The molecule has 7 nitrogen and oxygen atoms in total. The number of nitrogens with two attached hydrogens (primary N) is 1. The van der Waals surface area contributed by atoms with Crippen molar-refractivity contribution in [3.05, 3.63) is 76.4 Å². The van der Waals surface area contributed by atoms with E-state index in [1.165, 1.54) is 0 Å². The average molecular weight is 631 g/mol. The number of aromatic nitrogens is 1. The standard InChI is InChI=1S/C28H24ClN2O5.HI/c1-33-21-8-7-18-20(28(21)34-2)13-31-10-9-16-11-22-23(36-14-35-22)12-19(16)26(31)24(18)25(30)27(32)15-3-5-17(29)6-4-15;/h3-8,11-13,25H,9-10,14,30H2,1-2H3;1H/q+1;/p-1. The van der Waals surface area contributed by atoms with Crippen LogP contribution < -0.4 is 53.2 Å². The Morgan fingerprint density at radius 1 is 1.03 bits per heavy atom. The van der Waals surface area contributed by atoms with E-state index in [1.807, 2.05) is 30.5 Å². The van der Waals surface area contributed by atoms with Gasteiger partial charge in [0.2, 0.25) is 12.5 Å². The number of pyridine rings is 1. The van der Waals surface area contributed by atoms with Crippen molar-refractivity contribution in [2.45, 2.75) is 19.0 Å². The summed E-state index contributed by atoms with van der Waals surface area (Å²) in [6.07, 6.45) is 2.84. The van der Waals surface area contributed by atoms with Gasteiger partial charge in [-0.3, -0.25) is 4.79 Å². The second kappa shape index (κ2) is 10.00. The van der Waals surface area contributed by atoms with E-state index in [9.17, 15) is 4.79 Å². The van der Waals surface area contributed by atoms with Crippen molar-refractivity contribution in [1.82, 2.24) is 0 Å². The maximum atomic E-state index is 13.7. The second-order valence-electron chi connectivity index (χ2n) is 8.81. The molecule has 0 saturated heterocycles. The number of benzene rings is 3. The Labute approximate surface area is 236 Å². The first kappa shape index (κ1) is 25.6. The summed E-state index contributed by atoms with van der Waals surface area (Å²) in [5.41, 5.74) is 11.0. The molecule has 2 N–H and O–H groups in total. The number of nitrogens with zero attached hydrogens (tertiary/aromatic N) is 1. The summed E-state index contributed by atoms with van der Waals surface area (Å²) in [5.74, 6) is 2.41. The van der Waals surface area contributed by atoms with E-state index in [-0.39, 0.29) is 36.6 Å². The monoisotopic (exact) mass is 630 g/mol. The molecule has 4 aromatic rings. The Hall–Kier alpha value is -3.08. The molecule has 0 amide bonds. The van der Waals surface area contributed by atoms with Crippen LogP contribution in [0.25, 0.3) is 22.0 Å². The third-order valence-electron chi connectivity index (χ3n) is 6.90. The van der Waals surface area contributed by atoms with Gasteiger partial charge in [-0.25, -0.2) is 0 Å². The minimum Gasteiger partial charge on any atom is -1.00 e. The number of carbonyl (C=O) groups is 1. The van der Waals surface area contributed by atoms with Crippen LogP contribution in [0.3, 0.4) is 0 Å². The van der Waals surface area contributed by atoms with Gasteiger partial charge in [0.15, 0.2) is 41.5 Å². The summed E-state index contributed by atoms with van der Waals surface area (Å²) < 4.78 is 24.7. The summed E-state index contributed by atoms with van der Waals surface area (Å²) >= 11 is 6.06. The predicted molar refractivity (Wildman–Crippen MR) is 135 cm³/mol. The topological polar surface area (TPSA) is 83.9 Å². The maximum Gasteiger partial charge on any atom is 0.231 e. The third-order valence-corrected chi connectivity index (χ3v) is 7.15. The Bertz CT molecular complexity index is 1540. The van der Waals surface area contributed by atoms with E-state index in [4.69, 9.17) is 36.3 Å². The lowest BCUT2D eigenvalue weighted by Crippen LogP contribution is -3.00. The largest absolute Gasteiger partial charge is 1.00 e.